The van der Waals surface area contributed by atoms with Crippen LogP contribution < -0.4 is 10.6 Å². The molecule has 0 unspecified atom stereocenters. The van der Waals surface area contributed by atoms with Crippen molar-refractivity contribution in [2.24, 2.45) is 0 Å². The number of nitro groups is 1. The molecule has 0 saturated heterocycles. The number of H-pyrrole nitrogens is 1. The number of carbonyl (C=O) groups excluding carboxylic acids is 1. The van der Waals surface area contributed by atoms with E-state index in [4.69, 9.17) is 16.9 Å². The van der Waals surface area contributed by atoms with Crippen LogP contribution in [0.15, 0.2) is 36.3 Å². The van der Waals surface area contributed by atoms with Crippen molar-refractivity contribution in [2.75, 3.05) is 10.6 Å². The predicted octanol–water partition coefficient (Wildman–Crippen LogP) is 1.82. The van der Waals surface area contributed by atoms with Gasteiger partial charge in [0.1, 0.15) is 23.0 Å². The number of benzene rings is 1. The quantitative estimate of drug-likeness (QED) is 0.327. The molecular formula is C12H8ClN7O3. The van der Waals surface area contributed by atoms with Gasteiger partial charge in [0.25, 0.3) is 11.6 Å². The first-order valence-electron chi connectivity index (χ1n) is 5.98. The van der Waals surface area contributed by atoms with E-state index in [-0.39, 0.29) is 27.9 Å². The Balaban J connectivity index is 2.14. The van der Waals surface area contributed by atoms with Crippen molar-refractivity contribution in [1.29, 1.82) is 5.26 Å². The highest BCUT2D eigenvalue weighted by molar-refractivity contribution is 6.32. The Labute approximate surface area is 133 Å². The van der Waals surface area contributed by atoms with E-state index in [1.807, 2.05) is 0 Å². The second-order valence-corrected chi connectivity index (χ2v) is 4.43. The fraction of sp³-hybridized carbons (Fsp3) is 0. The molecule has 0 spiro atoms. The fourth-order valence-electron chi connectivity index (χ4n) is 1.49. The summed E-state index contributed by atoms with van der Waals surface area (Å²) in [6.45, 7) is 0. The smallest absolute Gasteiger partial charge is 0.289 e. The lowest BCUT2D eigenvalue weighted by Crippen LogP contribution is -2.14. The van der Waals surface area contributed by atoms with Gasteiger partial charge in [0.2, 0.25) is 5.95 Å². The van der Waals surface area contributed by atoms with E-state index < -0.39 is 10.8 Å². The maximum Gasteiger partial charge on any atom is 0.289 e. The van der Waals surface area contributed by atoms with Crippen molar-refractivity contribution in [3.63, 3.8) is 0 Å². The van der Waals surface area contributed by atoms with Gasteiger partial charge in [-0.2, -0.15) is 15.3 Å². The third-order valence-electron chi connectivity index (χ3n) is 2.53. The number of hydrogen-bond acceptors (Lipinski definition) is 7. The minimum Gasteiger partial charge on any atom is -0.330 e. The highest BCUT2D eigenvalue weighted by Gasteiger charge is 2.15. The molecule has 2 rings (SSSR count). The topological polar surface area (TPSA) is 150 Å². The molecule has 1 aromatic heterocycles. The summed E-state index contributed by atoms with van der Waals surface area (Å²) < 4.78 is 0. The predicted molar refractivity (Wildman–Crippen MR) is 80.4 cm³/mol. The summed E-state index contributed by atoms with van der Waals surface area (Å²) in [5.74, 6) is -0.510. The summed E-state index contributed by atoms with van der Waals surface area (Å²) in [7, 11) is 0. The molecule has 1 amide bonds. The Morgan fingerprint density at radius 1 is 1.52 bits per heavy atom. The van der Waals surface area contributed by atoms with E-state index in [0.29, 0.717) is 0 Å². The Bertz CT molecular complexity index is 811. The van der Waals surface area contributed by atoms with E-state index >= 15 is 0 Å². The lowest BCUT2D eigenvalue weighted by atomic mass is 10.2. The van der Waals surface area contributed by atoms with Crippen molar-refractivity contribution in [3.8, 4) is 6.07 Å². The van der Waals surface area contributed by atoms with Crippen LogP contribution in [-0.4, -0.2) is 26.0 Å². The normalized spacial score (nSPS) is 10.7. The molecule has 0 radical (unpaired) electrons. The Hall–Kier alpha value is -3.45. The Morgan fingerprint density at radius 3 is 2.91 bits per heavy atom. The first-order valence-corrected chi connectivity index (χ1v) is 6.36. The number of nitro benzene ring substituents is 1. The summed E-state index contributed by atoms with van der Waals surface area (Å²) in [5, 5.41) is 30.8. The average Bonchev–Trinajstić information content (AvgIpc) is 3.03. The molecule has 23 heavy (non-hydrogen) atoms. The molecule has 0 aliphatic heterocycles. The van der Waals surface area contributed by atoms with Gasteiger partial charge in [0.05, 0.1) is 4.92 Å². The zero-order valence-corrected chi connectivity index (χ0v) is 12.0. The number of nitriles is 1. The van der Waals surface area contributed by atoms with E-state index in [1.54, 1.807) is 6.07 Å². The van der Waals surface area contributed by atoms with Gasteiger partial charge in [-0.3, -0.25) is 14.9 Å². The first-order chi connectivity index (χ1) is 11.0. The Kier molecular flexibility index (Phi) is 4.85. The van der Waals surface area contributed by atoms with Gasteiger partial charge in [0.15, 0.2) is 0 Å². The maximum atomic E-state index is 12.0. The third kappa shape index (κ3) is 4.02. The van der Waals surface area contributed by atoms with Crippen molar-refractivity contribution >= 4 is 34.8 Å². The molecule has 0 bridgehead atoms. The number of hydrogen-bond donors (Lipinski definition) is 3. The number of nitrogens with zero attached hydrogens (tertiary/aromatic N) is 4. The van der Waals surface area contributed by atoms with E-state index in [9.17, 15) is 14.9 Å². The highest BCUT2D eigenvalue weighted by Crippen LogP contribution is 2.27. The molecule has 3 N–H and O–H groups in total. The number of halogens is 1. The molecule has 1 aromatic carbocycles. The zero-order chi connectivity index (χ0) is 16.8. The summed E-state index contributed by atoms with van der Waals surface area (Å²) >= 11 is 5.68. The molecule has 1 heterocycles. The van der Waals surface area contributed by atoms with Crippen molar-refractivity contribution < 1.29 is 9.72 Å². The molecule has 0 atom stereocenters. The van der Waals surface area contributed by atoms with Gasteiger partial charge in [-0.25, -0.2) is 5.10 Å². The third-order valence-corrected chi connectivity index (χ3v) is 2.85. The Morgan fingerprint density at radius 2 is 2.30 bits per heavy atom. The minimum atomic E-state index is -0.754. The molecule has 10 nitrogen and oxygen atoms in total. The number of anilines is 2. The van der Waals surface area contributed by atoms with Crippen LogP contribution in [0.5, 0.6) is 0 Å². The minimum absolute atomic E-state index is 0.0592. The van der Waals surface area contributed by atoms with Crippen LogP contribution >= 0.6 is 11.6 Å². The molecule has 2 aromatic rings. The fourth-order valence-corrected chi connectivity index (χ4v) is 1.68. The van der Waals surface area contributed by atoms with E-state index in [0.717, 1.165) is 12.3 Å². The summed E-state index contributed by atoms with van der Waals surface area (Å²) in [5.41, 5.74) is -0.488. The molecule has 11 heteroatoms. The summed E-state index contributed by atoms with van der Waals surface area (Å²) in [6.07, 6.45) is 2.37. The molecular weight excluding hydrogens is 326 g/mol. The molecule has 0 fully saturated rings. The van der Waals surface area contributed by atoms with Gasteiger partial charge < -0.3 is 10.6 Å². The van der Waals surface area contributed by atoms with Crippen LogP contribution in [0.4, 0.5) is 17.3 Å². The monoisotopic (exact) mass is 333 g/mol. The number of carbonyl (C=O) groups is 1. The van der Waals surface area contributed by atoms with Gasteiger partial charge in [-0.05, 0) is 12.1 Å². The van der Waals surface area contributed by atoms with Crippen LogP contribution in [-0.2, 0) is 4.79 Å². The van der Waals surface area contributed by atoms with Crippen LogP contribution in [0, 0.1) is 21.4 Å². The second-order valence-electron chi connectivity index (χ2n) is 4.03. The second kappa shape index (κ2) is 7.01. The van der Waals surface area contributed by atoms with E-state index in [1.165, 1.54) is 18.5 Å². The van der Waals surface area contributed by atoms with Crippen LogP contribution in [0.1, 0.15) is 0 Å². The zero-order valence-electron chi connectivity index (χ0n) is 11.3. The number of aromatic nitrogens is 3. The SMILES string of the molecule is N#C/C(=C/Nc1ncn[nH]1)C(=O)Nc1ccc(Cl)c([N+](=O)[O-])c1. The maximum absolute atomic E-state index is 12.0. The van der Waals surface area contributed by atoms with Crippen molar-refractivity contribution in [3.05, 3.63) is 51.4 Å². The lowest BCUT2D eigenvalue weighted by Gasteiger charge is -2.05. The van der Waals surface area contributed by atoms with Gasteiger partial charge in [-0.1, -0.05) is 11.6 Å². The van der Waals surface area contributed by atoms with E-state index in [2.05, 4.69) is 25.8 Å². The van der Waals surface area contributed by atoms with Crippen LogP contribution in [0.3, 0.4) is 0 Å². The average molecular weight is 334 g/mol. The van der Waals surface area contributed by atoms with Crippen LogP contribution in [0.25, 0.3) is 0 Å². The molecule has 0 saturated carbocycles. The first kappa shape index (κ1) is 15.9. The summed E-state index contributed by atoms with van der Waals surface area (Å²) in [4.78, 5) is 25.9. The van der Waals surface area contributed by atoms with Gasteiger partial charge in [0, 0.05) is 18.0 Å². The largest absolute Gasteiger partial charge is 0.330 e. The highest BCUT2D eigenvalue weighted by atomic mass is 35.5. The number of nitrogens with one attached hydrogen (secondary N) is 3. The number of amides is 1. The van der Waals surface area contributed by atoms with Gasteiger partial charge >= 0.3 is 0 Å². The van der Waals surface area contributed by atoms with Crippen LogP contribution in [0.2, 0.25) is 5.02 Å². The standard InChI is InChI=1S/C12H8ClN7O3/c13-9-2-1-8(3-10(9)20(22)23)18-11(21)7(4-14)5-15-12-16-6-17-19-12/h1-3,5-6H,(H,18,21)(H2,15,16,17,19)/b7-5-. The number of aromatic amines is 1. The summed E-state index contributed by atoms with van der Waals surface area (Å²) in [6, 6.07) is 5.45. The van der Waals surface area contributed by atoms with Crippen molar-refractivity contribution in [2.45, 2.75) is 0 Å². The van der Waals surface area contributed by atoms with Gasteiger partial charge in [-0.15, -0.1) is 0 Å². The molecule has 116 valence electrons. The molecule has 0 aliphatic rings. The van der Waals surface area contributed by atoms with Crippen molar-refractivity contribution in [1.82, 2.24) is 15.2 Å². The molecule has 0 aliphatic carbocycles. The number of rotatable bonds is 5. The lowest BCUT2D eigenvalue weighted by molar-refractivity contribution is -0.384.